The summed E-state index contributed by atoms with van der Waals surface area (Å²) in [5, 5.41) is 10.5. The number of alkyl halides is 3. The molecule has 0 N–H and O–H groups in total. The van der Waals surface area contributed by atoms with Crippen LogP contribution in [0.25, 0.3) is 0 Å². The Labute approximate surface area is 106 Å². The minimum absolute atomic E-state index is 0.0318. The van der Waals surface area contributed by atoms with Crippen LogP contribution in [0, 0.1) is 10.1 Å². The number of rotatable bonds is 5. The van der Waals surface area contributed by atoms with Crippen molar-refractivity contribution in [3.63, 3.8) is 0 Å². The van der Waals surface area contributed by atoms with Gasteiger partial charge in [0.25, 0.3) is 12.1 Å². The van der Waals surface area contributed by atoms with Crippen LogP contribution in [-0.4, -0.2) is 16.1 Å². The molecule has 0 spiro atoms. The summed E-state index contributed by atoms with van der Waals surface area (Å²) in [5.41, 5.74) is -0.649. The number of thioether (sulfide) groups is 1. The van der Waals surface area contributed by atoms with E-state index in [4.69, 9.17) is 11.6 Å². The highest BCUT2D eigenvalue weighted by Gasteiger charge is 2.19. The summed E-state index contributed by atoms with van der Waals surface area (Å²) in [4.78, 5) is 10.1. The van der Waals surface area contributed by atoms with Crippen molar-refractivity contribution in [2.75, 3.05) is 5.88 Å². The molecule has 1 aromatic rings. The summed E-state index contributed by atoms with van der Waals surface area (Å²) in [6, 6.07) is 3.47. The summed E-state index contributed by atoms with van der Waals surface area (Å²) < 4.78 is 25.5. The number of hydrogen-bond donors (Lipinski definition) is 0. The number of halogens is 3. The van der Waals surface area contributed by atoms with Gasteiger partial charge >= 0.3 is 0 Å². The maximum Gasteiger partial charge on any atom is 0.269 e. The molecule has 1 atom stereocenters. The van der Waals surface area contributed by atoms with E-state index < -0.39 is 11.3 Å². The second kappa shape index (κ2) is 6.16. The molecule has 0 amide bonds. The van der Waals surface area contributed by atoms with Crippen LogP contribution in [-0.2, 0) is 0 Å². The predicted octanol–water partition coefficient (Wildman–Crippen LogP) is 4.25. The molecule has 17 heavy (non-hydrogen) atoms. The Hall–Kier alpha value is -0.880. The molecule has 0 saturated heterocycles. The minimum atomic E-state index is -2.74. The van der Waals surface area contributed by atoms with Crippen molar-refractivity contribution in [2.45, 2.75) is 23.5 Å². The summed E-state index contributed by atoms with van der Waals surface area (Å²) in [5.74, 6) is 0.324. The highest BCUT2D eigenvalue weighted by molar-refractivity contribution is 8.00. The van der Waals surface area contributed by atoms with Crippen molar-refractivity contribution >= 4 is 29.1 Å². The molecular formula is C10H10ClF2NO2S. The number of benzene rings is 1. The van der Waals surface area contributed by atoms with Gasteiger partial charge in [-0.2, -0.15) is 0 Å². The largest absolute Gasteiger partial charge is 0.269 e. The van der Waals surface area contributed by atoms with E-state index in [2.05, 4.69) is 0 Å². The quantitative estimate of drug-likeness (QED) is 0.351. The molecule has 0 radical (unpaired) electrons. The summed E-state index contributed by atoms with van der Waals surface area (Å²) in [6.45, 7) is 1.80. The number of non-ortho nitro benzene ring substituents is 1. The zero-order valence-electron chi connectivity index (χ0n) is 8.90. The first-order valence-corrected chi connectivity index (χ1v) is 6.16. The van der Waals surface area contributed by atoms with Crippen LogP contribution in [0.4, 0.5) is 14.5 Å². The third-order valence-corrected chi connectivity index (χ3v) is 3.83. The van der Waals surface area contributed by atoms with Crippen LogP contribution < -0.4 is 0 Å². The molecule has 0 saturated carbocycles. The Morgan fingerprint density at radius 2 is 2.18 bits per heavy atom. The molecule has 0 bridgehead atoms. The van der Waals surface area contributed by atoms with Crippen molar-refractivity contribution in [3.8, 4) is 0 Å². The molecule has 0 aliphatic rings. The average Bonchev–Trinajstić information content (AvgIpc) is 2.28. The van der Waals surface area contributed by atoms with Gasteiger partial charge in [-0.1, -0.05) is 6.92 Å². The van der Waals surface area contributed by atoms with Gasteiger partial charge in [0.05, 0.1) is 4.92 Å². The van der Waals surface area contributed by atoms with Crippen molar-refractivity contribution in [1.82, 2.24) is 0 Å². The first-order valence-electron chi connectivity index (χ1n) is 4.74. The summed E-state index contributed by atoms with van der Waals surface area (Å²) in [7, 11) is 0. The monoisotopic (exact) mass is 281 g/mol. The minimum Gasteiger partial charge on any atom is -0.258 e. The zero-order chi connectivity index (χ0) is 13.0. The van der Waals surface area contributed by atoms with E-state index in [-0.39, 0.29) is 16.5 Å². The molecule has 94 valence electrons. The van der Waals surface area contributed by atoms with Crippen LogP contribution in [0.2, 0.25) is 0 Å². The van der Waals surface area contributed by atoms with Gasteiger partial charge in [-0.25, -0.2) is 8.78 Å². The van der Waals surface area contributed by atoms with E-state index in [0.29, 0.717) is 10.8 Å². The maximum atomic E-state index is 12.8. The Kier molecular flexibility index (Phi) is 5.14. The van der Waals surface area contributed by atoms with Gasteiger partial charge < -0.3 is 0 Å². The second-order valence-electron chi connectivity index (χ2n) is 3.36. The van der Waals surface area contributed by atoms with Crippen LogP contribution in [0.15, 0.2) is 23.1 Å². The summed E-state index contributed by atoms with van der Waals surface area (Å²) in [6.07, 6.45) is -2.74. The lowest BCUT2D eigenvalue weighted by Crippen LogP contribution is -2.00. The standard InChI is InChI=1S/C10H10ClF2NO2S/c1-6(5-11)17-9-3-2-7(14(15)16)4-8(9)10(12)13/h2-4,6,10H,5H2,1H3. The molecule has 0 heterocycles. The predicted molar refractivity (Wildman–Crippen MR) is 64.1 cm³/mol. The van der Waals surface area contributed by atoms with Crippen molar-refractivity contribution < 1.29 is 13.7 Å². The SMILES string of the molecule is CC(CCl)Sc1ccc([N+](=O)[O-])cc1C(F)F. The van der Waals surface area contributed by atoms with E-state index in [0.717, 1.165) is 6.07 Å². The van der Waals surface area contributed by atoms with Gasteiger partial charge in [0.1, 0.15) is 0 Å². The van der Waals surface area contributed by atoms with E-state index in [1.165, 1.54) is 23.9 Å². The Bertz CT molecular complexity index is 417. The lowest BCUT2D eigenvalue weighted by atomic mass is 10.2. The highest BCUT2D eigenvalue weighted by atomic mass is 35.5. The molecule has 0 aliphatic carbocycles. The van der Waals surface area contributed by atoms with E-state index >= 15 is 0 Å². The Balaban J connectivity index is 3.08. The van der Waals surface area contributed by atoms with Crippen molar-refractivity contribution in [3.05, 3.63) is 33.9 Å². The van der Waals surface area contributed by atoms with Gasteiger partial charge in [-0.3, -0.25) is 10.1 Å². The fraction of sp³-hybridized carbons (Fsp3) is 0.400. The third-order valence-electron chi connectivity index (χ3n) is 1.98. The number of nitrogens with zero attached hydrogens (tertiary/aromatic N) is 1. The first-order chi connectivity index (χ1) is 7.95. The molecule has 1 rings (SSSR count). The summed E-state index contributed by atoms with van der Waals surface area (Å²) >= 11 is 6.78. The van der Waals surface area contributed by atoms with E-state index in [1.807, 2.05) is 0 Å². The van der Waals surface area contributed by atoms with Gasteiger partial charge in [0.2, 0.25) is 0 Å². The number of hydrogen-bond acceptors (Lipinski definition) is 3. The van der Waals surface area contributed by atoms with E-state index in [9.17, 15) is 18.9 Å². The van der Waals surface area contributed by atoms with Crippen LogP contribution >= 0.6 is 23.4 Å². The Morgan fingerprint density at radius 3 is 2.65 bits per heavy atom. The third kappa shape index (κ3) is 3.81. The second-order valence-corrected chi connectivity index (χ2v) is 5.15. The molecule has 1 unspecified atom stereocenters. The lowest BCUT2D eigenvalue weighted by Gasteiger charge is -2.11. The molecule has 0 aliphatic heterocycles. The highest BCUT2D eigenvalue weighted by Crippen LogP contribution is 2.35. The van der Waals surface area contributed by atoms with Crippen molar-refractivity contribution in [1.29, 1.82) is 0 Å². The fourth-order valence-corrected chi connectivity index (χ4v) is 2.29. The van der Waals surface area contributed by atoms with Gasteiger partial charge in [0, 0.05) is 33.7 Å². The Morgan fingerprint density at radius 1 is 1.53 bits per heavy atom. The van der Waals surface area contributed by atoms with Crippen molar-refractivity contribution in [2.24, 2.45) is 0 Å². The molecule has 1 aromatic carbocycles. The fourth-order valence-electron chi connectivity index (χ4n) is 1.18. The van der Waals surface area contributed by atoms with E-state index in [1.54, 1.807) is 6.92 Å². The maximum absolute atomic E-state index is 12.8. The van der Waals surface area contributed by atoms with Gasteiger partial charge in [0.15, 0.2) is 0 Å². The van der Waals surface area contributed by atoms with Gasteiger partial charge in [-0.05, 0) is 6.07 Å². The first kappa shape index (κ1) is 14.2. The smallest absolute Gasteiger partial charge is 0.258 e. The lowest BCUT2D eigenvalue weighted by molar-refractivity contribution is -0.385. The molecular weight excluding hydrogens is 272 g/mol. The average molecular weight is 282 g/mol. The molecule has 0 aromatic heterocycles. The normalized spacial score (nSPS) is 12.8. The molecule has 3 nitrogen and oxygen atoms in total. The van der Waals surface area contributed by atoms with Crippen LogP contribution in [0.3, 0.4) is 0 Å². The van der Waals surface area contributed by atoms with Crippen LogP contribution in [0.5, 0.6) is 0 Å². The van der Waals surface area contributed by atoms with Gasteiger partial charge in [-0.15, -0.1) is 23.4 Å². The molecule has 0 fully saturated rings. The zero-order valence-corrected chi connectivity index (χ0v) is 10.5. The number of nitro benzene ring substituents is 1. The topological polar surface area (TPSA) is 43.1 Å². The number of nitro groups is 1. The molecule has 7 heteroatoms. The van der Waals surface area contributed by atoms with Crippen LogP contribution in [0.1, 0.15) is 18.9 Å².